The van der Waals surface area contributed by atoms with Crippen molar-refractivity contribution in [2.75, 3.05) is 31.2 Å². The zero-order valence-corrected chi connectivity index (χ0v) is 16.4. The van der Waals surface area contributed by atoms with Gasteiger partial charge in [0.1, 0.15) is 4.70 Å². The zero-order chi connectivity index (χ0) is 18.5. The smallest absolute Gasteiger partial charge is 0.204 e. The molecule has 0 amide bonds. The van der Waals surface area contributed by atoms with Gasteiger partial charge in [0.15, 0.2) is 11.5 Å². The third kappa shape index (κ3) is 4.00. The second kappa shape index (κ2) is 8.52. The van der Waals surface area contributed by atoms with Crippen molar-refractivity contribution in [2.24, 2.45) is 0 Å². The lowest BCUT2D eigenvalue weighted by Crippen LogP contribution is -2.36. The van der Waals surface area contributed by atoms with E-state index in [0.29, 0.717) is 29.4 Å². The maximum absolute atomic E-state index is 12.6. The first-order valence-electron chi connectivity index (χ1n) is 9.02. The number of allylic oxidation sites excluding steroid dienone is 6. The maximum Gasteiger partial charge on any atom is 0.204 e. The average molecular weight is 372 g/mol. The molecule has 0 unspecified atom stereocenters. The molecule has 0 atom stereocenters. The molecule has 26 heavy (non-hydrogen) atoms. The first-order chi connectivity index (χ1) is 12.6. The van der Waals surface area contributed by atoms with Crippen LogP contribution in [-0.2, 0) is 4.74 Å². The van der Waals surface area contributed by atoms with E-state index in [2.05, 4.69) is 37.0 Å². The Bertz CT molecular complexity index is 911. The molecule has 4 nitrogen and oxygen atoms in total. The molecule has 0 bridgehead atoms. The van der Waals surface area contributed by atoms with E-state index in [-0.39, 0.29) is 5.43 Å². The normalized spacial score (nSPS) is 16.8. The summed E-state index contributed by atoms with van der Waals surface area (Å²) in [5, 5.41) is 2.01. The Morgan fingerprint density at radius 1 is 1.31 bits per heavy atom. The van der Waals surface area contributed by atoms with Gasteiger partial charge in [0.2, 0.25) is 5.43 Å². The molecule has 2 aromatic heterocycles. The van der Waals surface area contributed by atoms with Gasteiger partial charge in [-0.25, -0.2) is 0 Å². The fraction of sp³-hybridized carbons (Fsp3) is 0.381. The molecule has 5 heteroatoms. The van der Waals surface area contributed by atoms with Crippen LogP contribution in [0.25, 0.3) is 15.9 Å². The Hall–Kier alpha value is -2.11. The fourth-order valence-electron chi connectivity index (χ4n) is 2.83. The van der Waals surface area contributed by atoms with Crippen LogP contribution in [-0.4, -0.2) is 26.3 Å². The van der Waals surface area contributed by atoms with Gasteiger partial charge in [-0.1, -0.05) is 36.8 Å². The summed E-state index contributed by atoms with van der Waals surface area (Å²) < 4.78 is 12.3. The summed E-state index contributed by atoms with van der Waals surface area (Å²) in [5.41, 5.74) is 4.02. The predicted molar refractivity (Wildman–Crippen MR) is 110 cm³/mol. The van der Waals surface area contributed by atoms with E-state index in [1.165, 1.54) is 16.9 Å². The number of morpholine rings is 1. The molecule has 3 heterocycles. The Kier molecular flexibility index (Phi) is 6.12. The minimum atomic E-state index is 0.0177. The largest absolute Gasteiger partial charge is 0.439 e. The van der Waals surface area contributed by atoms with Crippen molar-refractivity contribution in [3.63, 3.8) is 0 Å². The van der Waals surface area contributed by atoms with Crippen molar-refractivity contribution in [3.05, 3.63) is 57.1 Å². The van der Waals surface area contributed by atoms with E-state index >= 15 is 0 Å². The molecule has 1 aliphatic rings. The second-order valence-corrected chi connectivity index (χ2v) is 7.22. The van der Waals surface area contributed by atoms with Gasteiger partial charge in [0.25, 0.3) is 0 Å². The van der Waals surface area contributed by atoms with Crippen LogP contribution in [0.15, 0.2) is 50.5 Å². The summed E-state index contributed by atoms with van der Waals surface area (Å²) in [6, 6.07) is 1.61. The van der Waals surface area contributed by atoms with E-state index in [9.17, 15) is 4.79 Å². The minimum Gasteiger partial charge on any atom is -0.439 e. The number of hydrogen-bond acceptors (Lipinski definition) is 5. The lowest BCUT2D eigenvalue weighted by molar-refractivity contribution is 0.121. The van der Waals surface area contributed by atoms with Crippen LogP contribution < -0.4 is 10.3 Å². The van der Waals surface area contributed by atoms with Crippen LogP contribution in [0.4, 0.5) is 5.88 Å². The molecular weight excluding hydrogens is 346 g/mol. The highest BCUT2D eigenvalue weighted by Gasteiger charge is 2.18. The highest BCUT2D eigenvalue weighted by Crippen LogP contribution is 2.32. The fourth-order valence-corrected chi connectivity index (χ4v) is 3.75. The Balaban J connectivity index is 2.10. The highest BCUT2D eigenvalue weighted by atomic mass is 32.1. The first-order valence-corrected chi connectivity index (χ1v) is 9.90. The molecular formula is C21H25NO3S. The molecule has 0 spiro atoms. The monoisotopic (exact) mass is 371 g/mol. The number of hydrogen-bond donors (Lipinski definition) is 0. The number of nitrogens with zero attached hydrogens (tertiary/aromatic N) is 1. The quantitative estimate of drug-likeness (QED) is 0.693. The van der Waals surface area contributed by atoms with E-state index in [1.807, 2.05) is 18.4 Å². The minimum absolute atomic E-state index is 0.0177. The molecule has 0 aliphatic carbocycles. The lowest BCUT2D eigenvalue weighted by atomic mass is 10.1. The van der Waals surface area contributed by atoms with Gasteiger partial charge in [-0.2, -0.15) is 0 Å². The zero-order valence-electron chi connectivity index (χ0n) is 15.6. The van der Waals surface area contributed by atoms with Crippen LogP contribution in [0, 0.1) is 0 Å². The van der Waals surface area contributed by atoms with Crippen LogP contribution in [0.3, 0.4) is 0 Å². The molecule has 138 valence electrons. The number of anilines is 1. The predicted octanol–water partition coefficient (Wildman–Crippen LogP) is 5.01. The van der Waals surface area contributed by atoms with Gasteiger partial charge in [-0.15, -0.1) is 11.3 Å². The molecule has 0 aromatic carbocycles. The third-order valence-electron chi connectivity index (χ3n) is 4.52. The van der Waals surface area contributed by atoms with Crippen LogP contribution in [0.1, 0.15) is 32.8 Å². The van der Waals surface area contributed by atoms with Gasteiger partial charge in [-0.05, 0) is 25.8 Å². The summed E-state index contributed by atoms with van der Waals surface area (Å²) in [6.07, 6.45) is 9.31. The van der Waals surface area contributed by atoms with Gasteiger partial charge in [0, 0.05) is 30.1 Å². The Morgan fingerprint density at radius 2 is 2.08 bits per heavy atom. The summed E-state index contributed by atoms with van der Waals surface area (Å²) >= 11 is 1.45. The molecule has 2 aromatic rings. The van der Waals surface area contributed by atoms with Gasteiger partial charge < -0.3 is 14.1 Å². The van der Waals surface area contributed by atoms with E-state index < -0.39 is 0 Å². The SMILES string of the molecule is C\C=C/C(=C\C=C(/C)CC)c1csc2c(=O)cc(N3CCOCC3)oc12. The summed E-state index contributed by atoms with van der Waals surface area (Å²) in [5.74, 6) is 0.630. The summed E-state index contributed by atoms with van der Waals surface area (Å²) in [7, 11) is 0. The maximum atomic E-state index is 12.6. The summed E-state index contributed by atoms with van der Waals surface area (Å²) in [6.45, 7) is 9.04. The standard InChI is InChI=1S/C21H25NO3S/c1-4-6-16(8-7-15(3)5-2)17-14-26-21-18(23)13-19(25-20(17)21)22-9-11-24-12-10-22/h4,6-8,13-14H,5,9-12H2,1-3H3/b6-4-,15-7+,16-8+. The van der Waals surface area contributed by atoms with Gasteiger partial charge >= 0.3 is 0 Å². The molecule has 1 fully saturated rings. The van der Waals surface area contributed by atoms with Crippen LogP contribution in [0.2, 0.25) is 0 Å². The second-order valence-electron chi connectivity index (χ2n) is 6.34. The Labute approximate surface area is 158 Å². The van der Waals surface area contributed by atoms with Crippen molar-refractivity contribution < 1.29 is 9.15 Å². The van der Waals surface area contributed by atoms with Crippen molar-refractivity contribution in [3.8, 4) is 0 Å². The third-order valence-corrected chi connectivity index (χ3v) is 5.49. The van der Waals surface area contributed by atoms with Gasteiger partial charge in [-0.3, -0.25) is 4.79 Å². The molecule has 3 rings (SSSR count). The first kappa shape index (κ1) is 18.7. The number of fused-ring (bicyclic) bond motifs is 1. The number of thiophene rings is 1. The average Bonchev–Trinajstić information content (AvgIpc) is 3.10. The highest BCUT2D eigenvalue weighted by molar-refractivity contribution is 7.17. The van der Waals surface area contributed by atoms with Crippen molar-refractivity contribution in [1.29, 1.82) is 0 Å². The molecule has 0 radical (unpaired) electrons. The van der Waals surface area contributed by atoms with Gasteiger partial charge in [0.05, 0.1) is 13.2 Å². The topological polar surface area (TPSA) is 42.7 Å². The molecule has 1 aliphatic heterocycles. The number of rotatable bonds is 5. The molecule has 0 N–H and O–H groups in total. The van der Waals surface area contributed by atoms with Crippen molar-refractivity contribution >= 4 is 33.1 Å². The Morgan fingerprint density at radius 3 is 2.77 bits per heavy atom. The number of ether oxygens (including phenoxy) is 1. The van der Waals surface area contributed by atoms with Crippen LogP contribution in [0.5, 0.6) is 0 Å². The van der Waals surface area contributed by atoms with E-state index in [1.54, 1.807) is 6.07 Å². The van der Waals surface area contributed by atoms with E-state index in [0.717, 1.165) is 30.6 Å². The van der Waals surface area contributed by atoms with Crippen LogP contribution >= 0.6 is 11.3 Å². The van der Waals surface area contributed by atoms with Crippen molar-refractivity contribution in [1.82, 2.24) is 0 Å². The lowest BCUT2D eigenvalue weighted by Gasteiger charge is -2.27. The summed E-state index contributed by atoms with van der Waals surface area (Å²) in [4.78, 5) is 14.7. The van der Waals surface area contributed by atoms with Crippen molar-refractivity contribution in [2.45, 2.75) is 27.2 Å². The van der Waals surface area contributed by atoms with E-state index in [4.69, 9.17) is 9.15 Å². The molecule has 0 saturated carbocycles. The molecule has 1 saturated heterocycles.